The maximum atomic E-state index is 10.9. The molecule has 0 spiro atoms. The summed E-state index contributed by atoms with van der Waals surface area (Å²) in [6.07, 6.45) is 0. The van der Waals surface area contributed by atoms with E-state index in [4.69, 9.17) is 5.73 Å². The molecular formula is C6H14N2O4S. The summed E-state index contributed by atoms with van der Waals surface area (Å²) in [7, 11) is -3.42. The van der Waals surface area contributed by atoms with Gasteiger partial charge < -0.3 is 10.5 Å². The molecule has 0 amide bonds. The standard InChI is InChI=1S/C6H14N2O4S/c1-2-12-6(9)5-8-13(10,11)4-3-7/h8H,2-5,7H2,1H3. The Labute approximate surface area is 77.5 Å². The fourth-order valence-electron chi connectivity index (χ4n) is 0.608. The molecule has 78 valence electrons. The van der Waals surface area contributed by atoms with Gasteiger partial charge in [0.2, 0.25) is 10.0 Å². The Balaban J connectivity index is 3.81. The van der Waals surface area contributed by atoms with Crippen LogP contribution in [-0.4, -0.2) is 39.8 Å². The van der Waals surface area contributed by atoms with Crippen molar-refractivity contribution in [2.75, 3.05) is 25.4 Å². The van der Waals surface area contributed by atoms with Crippen LogP contribution in [0.25, 0.3) is 0 Å². The number of hydrogen-bond acceptors (Lipinski definition) is 5. The van der Waals surface area contributed by atoms with Crippen molar-refractivity contribution in [3.8, 4) is 0 Å². The minimum Gasteiger partial charge on any atom is -0.465 e. The van der Waals surface area contributed by atoms with E-state index in [1.165, 1.54) is 0 Å². The molecule has 0 fully saturated rings. The second kappa shape index (κ2) is 5.90. The Bertz CT molecular complexity index is 249. The molecule has 0 aromatic rings. The second-order valence-corrected chi connectivity index (χ2v) is 4.16. The van der Waals surface area contributed by atoms with Crippen LogP contribution in [-0.2, 0) is 19.6 Å². The molecule has 0 aliphatic heterocycles. The average Bonchev–Trinajstić information content (AvgIpc) is 2.02. The molecule has 0 unspecified atom stereocenters. The summed E-state index contributed by atoms with van der Waals surface area (Å²) < 4.78 is 28.5. The number of carbonyl (C=O) groups is 1. The smallest absolute Gasteiger partial charge is 0.320 e. The highest BCUT2D eigenvalue weighted by atomic mass is 32.2. The Hall–Kier alpha value is -0.660. The van der Waals surface area contributed by atoms with Crippen LogP contribution in [0.1, 0.15) is 6.92 Å². The van der Waals surface area contributed by atoms with Gasteiger partial charge in [-0.05, 0) is 6.92 Å². The number of rotatable bonds is 6. The maximum Gasteiger partial charge on any atom is 0.320 e. The van der Waals surface area contributed by atoms with Crippen molar-refractivity contribution in [1.29, 1.82) is 0 Å². The van der Waals surface area contributed by atoms with E-state index in [0.717, 1.165) is 0 Å². The lowest BCUT2D eigenvalue weighted by molar-refractivity contribution is -0.141. The second-order valence-electron chi connectivity index (χ2n) is 2.23. The third-order valence-electron chi connectivity index (χ3n) is 1.13. The van der Waals surface area contributed by atoms with Gasteiger partial charge in [0.25, 0.3) is 0 Å². The van der Waals surface area contributed by atoms with Crippen molar-refractivity contribution in [2.45, 2.75) is 6.92 Å². The molecule has 7 heteroatoms. The first-order valence-corrected chi connectivity index (χ1v) is 5.50. The predicted molar refractivity (Wildman–Crippen MR) is 47.5 cm³/mol. The zero-order valence-electron chi connectivity index (χ0n) is 7.45. The molecule has 0 aliphatic rings. The van der Waals surface area contributed by atoms with Gasteiger partial charge in [-0.15, -0.1) is 0 Å². The van der Waals surface area contributed by atoms with Crippen molar-refractivity contribution in [3.05, 3.63) is 0 Å². The van der Waals surface area contributed by atoms with Gasteiger partial charge in [-0.1, -0.05) is 0 Å². The lowest BCUT2D eigenvalue weighted by Crippen LogP contribution is -2.34. The van der Waals surface area contributed by atoms with Crippen molar-refractivity contribution in [1.82, 2.24) is 4.72 Å². The molecule has 0 radical (unpaired) electrons. The van der Waals surface area contributed by atoms with E-state index in [9.17, 15) is 13.2 Å². The van der Waals surface area contributed by atoms with E-state index < -0.39 is 16.0 Å². The van der Waals surface area contributed by atoms with Gasteiger partial charge in [0.05, 0.1) is 12.4 Å². The van der Waals surface area contributed by atoms with Crippen LogP contribution < -0.4 is 10.5 Å². The fraction of sp³-hybridized carbons (Fsp3) is 0.833. The van der Waals surface area contributed by atoms with E-state index in [0.29, 0.717) is 0 Å². The monoisotopic (exact) mass is 210 g/mol. The number of nitrogens with one attached hydrogen (secondary N) is 1. The Morgan fingerprint density at radius 3 is 2.62 bits per heavy atom. The summed E-state index contributed by atoms with van der Waals surface area (Å²) in [4.78, 5) is 10.7. The third kappa shape index (κ3) is 6.50. The summed E-state index contributed by atoms with van der Waals surface area (Å²) in [5, 5.41) is 0. The van der Waals surface area contributed by atoms with E-state index in [1.54, 1.807) is 6.92 Å². The Kier molecular flexibility index (Phi) is 5.60. The molecule has 0 heterocycles. The first kappa shape index (κ1) is 12.3. The molecule has 0 aromatic carbocycles. The van der Waals surface area contributed by atoms with E-state index in [-0.39, 0.29) is 25.4 Å². The van der Waals surface area contributed by atoms with E-state index in [1.807, 2.05) is 0 Å². The first-order chi connectivity index (χ1) is 6.02. The summed E-state index contributed by atoms with van der Waals surface area (Å²) >= 11 is 0. The first-order valence-electron chi connectivity index (χ1n) is 3.85. The van der Waals surface area contributed by atoms with Crippen molar-refractivity contribution in [2.24, 2.45) is 5.73 Å². The fourth-order valence-corrected chi connectivity index (χ4v) is 1.40. The van der Waals surface area contributed by atoms with Gasteiger partial charge >= 0.3 is 5.97 Å². The molecule has 0 atom stereocenters. The molecule has 13 heavy (non-hydrogen) atoms. The Morgan fingerprint density at radius 1 is 1.54 bits per heavy atom. The maximum absolute atomic E-state index is 10.9. The molecule has 0 saturated carbocycles. The SMILES string of the molecule is CCOC(=O)CNS(=O)(=O)CCN. The van der Waals surface area contributed by atoms with E-state index in [2.05, 4.69) is 9.46 Å². The molecule has 0 bridgehead atoms. The van der Waals surface area contributed by atoms with Gasteiger partial charge in [-0.2, -0.15) is 0 Å². The van der Waals surface area contributed by atoms with Crippen LogP contribution >= 0.6 is 0 Å². The van der Waals surface area contributed by atoms with Gasteiger partial charge in [0, 0.05) is 6.54 Å². The minimum atomic E-state index is -3.42. The quantitative estimate of drug-likeness (QED) is 0.516. The summed E-state index contributed by atoms with van der Waals surface area (Å²) in [5.74, 6) is -0.782. The lowest BCUT2D eigenvalue weighted by atomic mass is 10.7. The zero-order valence-corrected chi connectivity index (χ0v) is 8.26. The topological polar surface area (TPSA) is 98.5 Å². The van der Waals surface area contributed by atoms with Crippen LogP contribution in [0.3, 0.4) is 0 Å². The summed E-state index contributed by atoms with van der Waals surface area (Å²) in [5.41, 5.74) is 5.04. The number of hydrogen-bond donors (Lipinski definition) is 2. The Morgan fingerprint density at radius 2 is 2.15 bits per heavy atom. The van der Waals surface area contributed by atoms with Crippen molar-refractivity contribution in [3.63, 3.8) is 0 Å². The largest absolute Gasteiger partial charge is 0.465 e. The number of carbonyl (C=O) groups excluding carboxylic acids is 1. The minimum absolute atomic E-state index is 0.0260. The van der Waals surface area contributed by atoms with E-state index >= 15 is 0 Å². The summed E-state index contributed by atoms with van der Waals surface area (Å²) in [6, 6.07) is 0. The van der Waals surface area contributed by atoms with Crippen molar-refractivity contribution >= 4 is 16.0 Å². The van der Waals surface area contributed by atoms with Crippen LogP contribution in [0.5, 0.6) is 0 Å². The highest BCUT2D eigenvalue weighted by Gasteiger charge is 2.10. The molecule has 0 rings (SSSR count). The van der Waals surface area contributed by atoms with Gasteiger partial charge in [-0.3, -0.25) is 4.79 Å². The van der Waals surface area contributed by atoms with Gasteiger partial charge in [-0.25, -0.2) is 13.1 Å². The summed E-state index contributed by atoms with van der Waals surface area (Å²) in [6.45, 7) is 1.57. The molecule has 6 nitrogen and oxygen atoms in total. The van der Waals surface area contributed by atoms with Crippen LogP contribution in [0.2, 0.25) is 0 Å². The molecule has 0 saturated heterocycles. The molecule has 3 N–H and O–H groups in total. The normalized spacial score (nSPS) is 11.2. The zero-order chi connectivity index (χ0) is 10.3. The van der Waals surface area contributed by atoms with Crippen molar-refractivity contribution < 1.29 is 17.9 Å². The number of nitrogens with two attached hydrogens (primary N) is 1. The third-order valence-corrected chi connectivity index (χ3v) is 2.49. The number of sulfonamides is 1. The number of ether oxygens (including phenoxy) is 1. The van der Waals surface area contributed by atoms with Crippen LogP contribution in [0.15, 0.2) is 0 Å². The molecule has 0 aliphatic carbocycles. The highest BCUT2D eigenvalue weighted by Crippen LogP contribution is 1.82. The van der Waals surface area contributed by atoms with Gasteiger partial charge in [0.15, 0.2) is 0 Å². The van der Waals surface area contributed by atoms with Gasteiger partial charge in [0.1, 0.15) is 6.54 Å². The lowest BCUT2D eigenvalue weighted by Gasteiger charge is -2.04. The average molecular weight is 210 g/mol. The highest BCUT2D eigenvalue weighted by molar-refractivity contribution is 7.89. The van der Waals surface area contributed by atoms with Crippen LogP contribution in [0.4, 0.5) is 0 Å². The number of esters is 1. The molecule has 0 aromatic heterocycles. The van der Waals surface area contributed by atoms with Crippen LogP contribution in [0, 0.1) is 0 Å². The molecular weight excluding hydrogens is 196 g/mol. The predicted octanol–water partition coefficient (Wildman–Crippen LogP) is -1.57.